The summed E-state index contributed by atoms with van der Waals surface area (Å²) in [5.41, 5.74) is 1.92. The molecule has 2 rings (SSSR count). The number of halogens is 1. The Morgan fingerprint density at radius 1 is 1.43 bits per heavy atom. The first-order valence-corrected chi connectivity index (χ1v) is 4.84. The molecule has 0 amide bonds. The fourth-order valence-corrected chi connectivity index (χ4v) is 1.43. The second-order valence-electron chi connectivity index (χ2n) is 2.80. The van der Waals surface area contributed by atoms with Gasteiger partial charge in [0.05, 0.1) is 9.53 Å². The highest BCUT2D eigenvalue weighted by molar-refractivity contribution is 7.71. The molecule has 2 nitrogen and oxygen atoms in total. The monoisotopic (exact) mass is 222 g/mol. The first-order valence-electron chi connectivity index (χ1n) is 4.06. The van der Waals surface area contributed by atoms with Crippen molar-refractivity contribution in [1.82, 2.24) is 9.97 Å². The van der Waals surface area contributed by atoms with Gasteiger partial charge in [-0.15, -0.1) is 0 Å². The third-order valence-electron chi connectivity index (χ3n) is 1.84. The van der Waals surface area contributed by atoms with Gasteiger partial charge in [0.25, 0.3) is 0 Å². The zero-order chi connectivity index (χ0) is 9.97. The van der Waals surface area contributed by atoms with E-state index >= 15 is 0 Å². The summed E-state index contributed by atoms with van der Waals surface area (Å²) >= 11 is 10.9. The maximum Gasteiger partial charge on any atom is 0.0747 e. The minimum absolute atomic E-state index is 0.563. The lowest BCUT2D eigenvalue weighted by molar-refractivity contribution is 1.27. The molecule has 1 N–H and O–H groups in total. The Morgan fingerprint density at radius 2 is 2.29 bits per heavy atom. The van der Waals surface area contributed by atoms with E-state index in [4.69, 9.17) is 23.8 Å². The van der Waals surface area contributed by atoms with Gasteiger partial charge >= 0.3 is 0 Å². The Hall–Kier alpha value is -1.19. The molecule has 0 radical (unpaired) electrons. The van der Waals surface area contributed by atoms with Gasteiger partial charge in [0.1, 0.15) is 0 Å². The smallest absolute Gasteiger partial charge is 0.0747 e. The molecule has 0 saturated carbocycles. The predicted molar refractivity (Wildman–Crippen MR) is 59.9 cm³/mol. The Labute approximate surface area is 91.6 Å². The Kier molecular flexibility index (Phi) is 2.61. The fraction of sp³-hybridized carbons (Fsp3) is 0. The summed E-state index contributed by atoms with van der Waals surface area (Å²) in [6.45, 7) is 0. The topological polar surface area (TPSA) is 28.7 Å². The Bertz CT molecular complexity index is 493. The zero-order valence-corrected chi connectivity index (χ0v) is 8.77. The lowest BCUT2D eigenvalue weighted by Gasteiger charge is -2.00. The third kappa shape index (κ3) is 1.84. The van der Waals surface area contributed by atoms with Crippen LogP contribution in [0, 0.1) is 4.51 Å². The number of pyridine rings is 2. The van der Waals surface area contributed by atoms with Gasteiger partial charge in [0.2, 0.25) is 0 Å². The average Bonchev–Trinajstić information content (AvgIpc) is 2.23. The van der Waals surface area contributed by atoms with E-state index in [0.717, 1.165) is 11.3 Å². The highest BCUT2D eigenvalue weighted by Crippen LogP contribution is 2.18. The van der Waals surface area contributed by atoms with E-state index in [1.54, 1.807) is 18.6 Å². The summed E-state index contributed by atoms with van der Waals surface area (Å²) in [5, 5.41) is 0.563. The summed E-state index contributed by atoms with van der Waals surface area (Å²) < 4.78 is 0.643. The van der Waals surface area contributed by atoms with Gasteiger partial charge in [0.15, 0.2) is 0 Å². The number of hydrogen-bond donors (Lipinski definition) is 1. The number of hydrogen-bond acceptors (Lipinski definition) is 2. The largest absolute Gasteiger partial charge is 0.360 e. The van der Waals surface area contributed by atoms with Gasteiger partial charge < -0.3 is 4.98 Å². The lowest BCUT2D eigenvalue weighted by atomic mass is 10.2. The summed E-state index contributed by atoms with van der Waals surface area (Å²) in [6.07, 6.45) is 5.19. The lowest BCUT2D eigenvalue weighted by Crippen LogP contribution is -1.84. The molecule has 0 aliphatic rings. The van der Waals surface area contributed by atoms with Crippen molar-refractivity contribution in [2.75, 3.05) is 0 Å². The van der Waals surface area contributed by atoms with Crippen LogP contribution in [0.2, 0.25) is 5.02 Å². The number of nitrogens with zero attached hydrogens (tertiary/aromatic N) is 1. The molecule has 0 bridgehead atoms. The minimum Gasteiger partial charge on any atom is -0.360 e. The van der Waals surface area contributed by atoms with Crippen LogP contribution in [-0.2, 0) is 0 Å². The maximum absolute atomic E-state index is 5.82. The third-order valence-corrected chi connectivity index (χ3v) is 2.60. The minimum atomic E-state index is 0.563. The van der Waals surface area contributed by atoms with Crippen molar-refractivity contribution in [1.29, 1.82) is 0 Å². The molecule has 0 unspecified atom stereocenters. The highest BCUT2D eigenvalue weighted by atomic mass is 35.5. The van der Waals surface area contributed by atoms with Gasteiger partial charge in [-0.25, -0.2) is 0 Å². The van der Waals surface area contributed by atoms with E-state index in [1.807, 2.05) is 18.2 Å². The van der Waals surface area contributed by atoms with Gasteiger partial charge in [-0.1, -0.05) is 23.8 Å². The molecule has 0 atom stereocenters. The number of H-pyrrole nitrogens is 1. The molecule has 2 aromatic rings. The van der Waals surface area contributed by atoms with Crippen molar-refractivity contribution in [2.45, 2.75) is 0 Å². The first-order chi connectivity index (χ1) is 6.77. The molecule has 70 valence electrons. The van der Waals surface area contributed by atoms with Crippen molar-refractivity contribution in [3.8, 4) is 11.3 Å². The maximum atomic E-state index is 5.82. The molecule has 0 saturated heterocycles. The molecule has 14 heavy (non-hydrogen) atoms. The number of nitrogens with one attached hydrogen (secondary N) is 1. The van der Waals surface area contributed by atoms with E-state index in [9.17, 15) is 0 Å². The normalized spacial score (nSPS) is 10.1. The van der Waals surface area contributed by atoms with E-state index < -0.39 is 0 Å². The molecule has 4 heteroatoms. The van der Waals surface area contributed by atoms with E-state index in [2.05, 4.69) is 9.97 Å². The van der Waals surface area contributed by atoms with E-state index in [0.29, 0.717) is 9.53 Å². The molecular weight excluding hydrogens is 216 g/mol. The van der Waals surface area contributed by atoms with Crippen LogP contribution in [0.1, 0.15) is 0 Å². The standard InChI is InChI=1S/C10H7ClN2S/c11-8-6-13-9(4-10(8)14)7-2-1-3-12-5-7/h1-6H,(H,13,14). The second-order valence-corrected chi connectivity index (χ2v) is 3.65. The van der Waals surface area contributed by atoms with Crippen LogP contribution >= 0.6 is 23.8 Å². The van der Waals surface area contributed by atoms with Gasteiger partial charge in [-0.3, -0.25) is 4.98 Å². The van der Waals surface area contributed by atoms with Crippen LogP contribution in [0.25, 0.3) is 11.3 Å². The van der Waals surface area contributed by atoms with Crippen LogP contribution in [0.4, 0.5) is 0 Å². The van der Waals surface area contributed by atoms with Crippen LogP contribution in [0.15, 0.2) is 36.8 Å². The zero-order valence-electron chi connectivity index (χ0n) is 7.20. The molecule has 2 heterocycles. The number of aromatic nitrogens is 2. The first kappa shape index (κ1) is 9.37. The molecule has 0 aromatic carbocycles. The van der Waals surface area contributed by atoms with Gasteiger partial charge in [-0.05, 0) is 18.2 Å². The van der Waals surface area contributed by atoms with Crippen molar-refractivity contribution in [2.24, 2.45) is 0 Å². The van der Waals surface area contributed by atoms with Crippen molar-refractivity contribution in [3.63, 3.8) is 0 Å². The Morgan fingerprint density at radius 3 is 2.93 bits per heavy atom. The summed E-state index contributed by atoms with van der Waals surface area (Å²) in [4.78, 5) is 7.08. The van der Waals surface area contributed by atoms with Crippen LogP contribution < -0.4 is 0 Å². The summed E-state index contributed by atoms with van der Waals surface area (Å²) in [7, 11) is 0. The van der Waals surface area contributed by atoms with Gasteiger partial charge in [-0.2, -0.15) is 0 Å². The van der Waals surface area contributed by atoms with E-state index in [1.165, 1.54) is 0 Å². The summed E-state index contributed by atoms with van der Waals surface area (Å²) in [6, 6.07) is 5.66. The predicted octanol–water partition coefficient (Wildman–Crippen LogP) is 3.46. The van der Waals surface area contributed by atoms with Crippen LogP contribution in [0.5, 0.6) is 0 Å². The fourth-order valence-electron chi connectivity index (χ4n) is 1.14. The average molecular weight is 223 g/mol. The highest BCUT2D eigenvalue weighted by Gasteiger charge is 1.98. The second kappa shape index (κ2) is 3.90. The molecular formula is C10H7ClN2S. The molecule has 2 aromatic heterocycles. The molecule has 0 spiro atoms. The van der Waals surface area contributed by atoms with Crippen LogP contribution in [-0.4, -0.2) is 9.97 Å². The van der Waals surface area contributed by atoms with Crippen molar-refractivity contribution >= 4 is 23.8 Å². The SMILES string of the molecule is S=c1cc(-c2cccnc2)[nH]cc1Cl. The van der Waals surface area contributed by atoms with E-state index in [-0.39, 0.29) is 0 Å². The number of aromatic amines is 1. The molecule has 0 aliphatic carbocycles. The van der Waals surface area contributed by atoms with Crippen molar-refractivity contribution in [3.05, 3.63) is 46.3 Å². The van der Waals surface area contributed by atoms with Crippen molar-refractivity contribution < 1.29 is 0 Å². The van der Waals surface area contributed by atoms with Gasteiger partial charge in [0, 0.05) is 29.8 Å². The molecule has 0 fully saturated rings. The molecule has 0 aliphatic heterocycles. The summed E-state index contributed by atoms with van der Waals surface area (Å²) in [5.74, 6) is 0. The Balaban J connectivity index is 2.54. The quantitative estimate of drug-likeness (QED) is 0.749. The van der Waals surface area contributed by atoms with Crippen LogP contribution in [0.3, 0.4) is 0 Å². The number of rotatable bonds is 1.